The Bertz CT molecular complexity index is 591. The Balaban J connectivity index is 2.58. The van der Waals surface area contributed by atoms with Gasteiger partial charge in [0.25, 0.3) is 0 Å². The molecule has 0 aliphatic carbocycles. The number of hydrogen-bond donors (Lipinski definition) is 1. The van der Waals surface area contributed by atoms with Crippen molar-refractivity contribution >= 4 is 15.9 Å². The molecular formula is C13H14BrF2N3. The molecule has 1 unspecified atom stereocenters. The molecule has 1 N–H and O–H groups in total. The van der Waals surface area contributed by atoms with Gasteiger partial charge in [0.15, 0.2) is 0 Å². The van der Waals surface area contributed by atoms with E-state index in [1.807, 2.05) is 0 Å². The molecule has 102 valence electrons. The molecule has 0 fully saturated rings. The van der Waals surface area contributed by atoms with E-state index in [0.717, 1.165) is 16.2 Å². The third-order valence-electron chi connectivity index (χ3n) is 3.09. The number of aryl methyl sites for hydroxylation is 2. The molecule has 6 heteroatoms. The summed E-state index contributed by atoms with van der Waals surface area (Å²) in [6.45, 7) is 1.61. The molecule has 1 heterocycles. The largest absolute Gasteiger partial charge is 0.308 e. The van der Waals surface area contributed by atoms with Gasteiger partial charge in [-0.15, -0.1) is 0 Å². The zero-order valence-corrected chi connectivity index (χ0v) is 12.4. The van der Waals surface area contributed by atoms with Crippen molar-refractivity contribution in [3.8, 4) is 0 Å². The van der Waals surface area contributed by atoms with Gasteiger partial charge in [0.1, 0.15) is 11.6 Å². The average molecular weight is 330 g/mol. The van der Waals surface area contributed by atoms with Crippen molar-refractivity contribution in [1.82, 2.24) is 15.1 Å². The maximum absolute atomic E-state index is 14.0. The lowest BCUT2D eigenvalue weighted by Gasteiger charge is -2.19. The highest BCUT2D eigenvalue weighted by molar-refractivity contribution is 9.10. The number of aromatic nitrogens is 2. The van der Waals surface area contributed by atoms with E-state index in [1.165, 1.54) is 6.07 Å². The summed E-state index contributed by atoms with van der Waals surface area (Å²) < 4.78 is 29.8. The van der Waals surface area contributed by atoms with Gasteiger partial charge in [0.2, 0.25) is 0 Å². The summed E-state index contributed by atoms with van der Waals surface area (Å²) in [6.07, 6.45) is 1.65. The molecule has 0 radical (unpaired) electrons. The smallest absolute Gasteiger partial charge is 0.131 e. The van der Waals surface area contributed by atoms with E-state index in [9.17, 15) is 8.78 Å². The normalized spacial score (nSPS) is 12.7. The van der Waals surface area contributed by atoms with Gasteiger partial charge in [-0.1, -0.05) is 0 Å². The van der Waals surface area contributed by atoms with Crippen LogP contribution in [0, 0.1) is 18.6 Å². The van der Waals surface area contributed by atoms with Crippen molar-refractivity contribution in [1.29, 1.82) is 0 Å². The Labute approximate surface area is 118 Å². The van der Waals surface area contributed by atoms with E-state index in [-0.39, 0.29) is 0 Å². The second-order valence-corrected chi connectivity index (χ2v) is 5.20. The predicted molar refractivity (Wildman–Crippen MR) is 72.9 cm³/mol. The van der Waals surface area contributed by atoms with E-state index in [2.05, 4.69) is 26.3 Å². The molecule has 1 aromatic carbocycles. The van der Waals surface area contributed by atoms with Crippen molar-refractivity contribution in [3.05, 3.63) is 51.3 Å². The first-order chi connectivity index (χ1) is 8.95. The monoisotopic (exact) mass is 329 g/mol. The SMILES string of the molecule is CNC(c1cc(C)c(F)cc1F)c1c(Br)cnn1C. The average Bonchev–Trinajstić information content (AvgIpc) is 2.68. The number of nitrogens with zero attached hydrogens (tertiary/aromatic N) is 2. The third-order valence-corrected chi connectivity index (χ3v) is 3.70. The minimum absolute atomic E-state index is 0.394. The quantitative estimate of drug-likeness (QED) is 0.937. The highest BCUT2D eigenvalue weighted by atomic mass is 79.9. The molecule has 0 saturated heterocycles. The Kier molecular flexibility index (Phi) is 4.01. The molecule has 0 amide bonds. The van der Waals surface area contributed by atoms with Crippen molar-refractivity contribution in [2.24, 2.45) is 7.05 Å². The van der Waals surface area contributed by atoms with Gasteiger partial charge in [0.05, 0.1) is 22.4 Å². The zero-order chi connectivity index (χ0) is 14.2. The minimum Gasteiger partial charge on any atom is -0.308 e. The molecule has 2 rings (SSSR count). The van der Waals surface area contributed by atoms with Crippen LogP contribution in [0.1, 0.15) is 22.9 Å². The Hall–Kier alpha value is -1.27. The summed E-state index contributed by atoms with van der Waals surface area (Å²) >= 11 is 3.39. The lowest BCUT2D eigenvalue weighted by atomic mass is 10.0. The molecule has 1 aromatic heterocycles. The van der Waals surface area contributed by atoms with E-state index in [4.69, 9.17) is 0 Å². The molecule has 1 atom stereocenters. The molecule has 0 saturated carbocycles. The second-order valence-electron chi connectivity index (χ2n) is 4.35. The maximum atomic E-state index is 14.0. The summed E-state index contributed by atoms with van der Waals surface area (Å²) in [7, 11) is 3.50. The number of hydrogen-bond acceptors (Lipinski definition) is 2. The maximum Gasteiger partial charge on any atom is 0.131 e. The van der Waals surface area contributed by atoms with Crippen LogP contribution in [0.4, 0.5) is 8.78 Å². The summed E-state index contributed by atoms with van der Waals surface area (Å²) in [6, 6.07) is 2.03. The molecule has 2 aromatic rings. The summed E-state index contributed by atoms with van der Waals surface area (Å²) in [5.74, 6) is -1.12. The van der Waals surface area contributed by atoms with Crippen LogP contribution < -0.4 is 5.32 Å². The Morgan fingerprint density at radius 1 is 1.32 bits per heavy atom. The predicted octanol–water partition coefficient (Wildman–Crippen LogP) is 3.08. The van der Waals surface area contributed by atoms with Crippen LogP contribution in [0.25, 0.3) is 0 Å². The standard InChI is InChI=1S/C13H14BrF2N3/c1-7-4-8(11(16)5-10(7)15)12(17-2)13-9(14)6-18-19(13)3/h4-6,12,17H,1-3H3. The van der Waals surface area contributed by atoms with Gasteiger partial charge >= 0.3 is 0 Å². The van der Waals surface area contributed by atoms with Gasteiger partial charge in [-0.3, -0.25) is 4.68 Å². The number of benzene rings is 1. The fourth-order valence-corrected chi connectivity index (χ4v) is 2.66. The van der Waals surface area contributed by atoms with Gasteiger partial charge < -0.3 is 5.32 Å². The van der Waals surface area contributed by atoms with Crippen LogP contribution in [-0.2, 0) is 7.05 Å². The third kappa shape index (κ3) is 2.55. The lowest BCUT2D eigenvalue weighted by molar-refractivity contribution is 0.532. The summed E-state index contributed by atoms with van der Waals surface area (Å²) in [4.78, 5) is 0. The van der Waals surface area contributed by atoms with Gasteiger partial charge in [-0.25, -0.2) is 8.78 Å². The molecule has 0 aliphatic rings. The summed E-state index contributed by atoms with van der Waals surface area (Å²) in [5, 5.41) is 7.15. The van der Waals surface area contributed by atoms with Crippen molar-refractivity contribution in [2.75, 3.05) is 7.05 Å². The fourth-order valence-electron chi connectivity index (χ4n) is 2.09. The Morgan fingerprint density at radius 2 is 2.00 bits per heavy atom. The van der Waals surface area contributed by atoms with Crippen molar-refractivity contribution in [2.45, 2.75) is 13.0 Å². The van der Waals surface area contributed by atoms with Gasteiger partial charge in [0, 0.05) is 18.7 Å². The molecular weight excluding hydrogens is 316 g/mol. The zero-order valence-electron chi connectivity index (χ0n) is 10.8. The topological polar surface area (TPSA) is 29.9 Å². The van der Waals surface area contributed by atoms with Crippen LogP contribution in [-0.4, -0.2) is 16.8 Å². The molecule has 0 bridgehead atoms. The van der Waals surface area contributed by atoms with Crippen LogP contribution in [0.5, 0.6) is 0 Å². The lowest BCUT2D eigenvalue weighted by Crippen LogP contribution is -2.22. The van der Waals surface area contributed by atoms with E-state index >= 15 is 0 Å². The first kappa shape index (κ1) is 14.1. The van der Waals surface area contributed by atoms with E-state index in [0.29, 0.717) is 11.1 Å². The first-order valence-corrected chi connectivity index (χ1v) is 6.55. The molecule has 3 nitrogen and oxygen atoms in total. The van der Waals surface area contributed by atoms with E-state index < -0.39 is 17.7 Å². The second kappa shape index (κ2) is 5.38. The minimum atomic E-state index is -0.574. The highest BCUT2D eigenvalue weighted by Gasteiger charge is 2.23. The number of rotatable bonds is 3. The van der Waals surface area contributed by atoms with Gasteiger partial charge in [-0.2, -0.15) is 5.10 Å². The summed E-state index contributed by atoms with van der Waals surface area (Å²) in [5.41, 5.74) is 1.59. The molecule has 19 heavy (non-hydrogen) atoms. The van der Waals surface area contributed by atoms with Crippen LogP contribution in [0.2, 0.25) is 0 Å². The van der Waals surface area contributed by atoms with Crippen LogP contribution in [0.3, 0.4) is 0 Å². The van der Waals surface area contributed by atoms with Crippen molar-refractivity contribution < 1.29 is 8.78 Å². The first-order valence-electron chi connectivity index (χ1n) is 5.76. The number of nitrogens with one attached hydrogen (secondary N) is 1. The van der Waals surface area contributed by atoms with E-state index in [1.54, 1.807) is 31.9 Å². The van der Waals surface area contributed by atoms with Gasteiger partial charge in [-0.05, 0) is 41.5 Å². The number of halogens is 3. The van der Waals surface area contributed by atoms with Crippen LogP contribution in [0.15, 0.2) is 22.8 Å². The Morgan fingerprint density at radius 3 is 2.53 bits per heavy atom. The fraction of sp³-hybridized carbons (Fsp3) is 0.308. The molecule has 0 spiro atoms. The van der Waals surface area contributed by atoms with Crippen molar-refractivity contribution in [3.63, 3.8) is 0 Å². The van der Waals surface area contributed by atoms with Crippen LogP contribution >= 0.6 is 15.9 Å². The molecule has 0 aliphatic heterocycles. The highest BCUT2D eigenvalue weighted by Crippen LogP contribution is 2.30.